The summed E-state index contributed by atoms with van der Waals surface area (Å²) in [6, 6.07) is 19.2. The first-order valence-corrected chi connectivity index (χ1v) is 11.4. The van der Waals surface area contributed by atoms with Crippen LogP contribution in [0.5, 0.6) is 0 Å². The van der Waals surface area contributed by atoms with Crippen LogP contribution in [0.4, 0.5) is 0 Å². The Morgan fingerprint density at radius 1 is 0.900 bits per heavy atom. The average Bonchev–Trinajstić information content (AvgIpc) is 3.34. The van der Waals surface area contributed by atoms with E-state index in [-0.39, 0.29) is 16.8 Å². The molecule has 1 aromatic heterocycles. The summed E-state index contributed by atoms with van der Waals surface area (Å²) >= 11 is 0. The molecule has 3 aromatic rings. The molecule has 30 heavy (non-hydrogen) atoms. The van der Waals surface area contributed by atoms with Gasteiger partial charge in [0.1, 0.15) is 0 Å². The second-order valence-electron chi connectivity index (χ2n) is 7.24. The number of carbonyl (C=O) groups excluding carboxylic acids is 1. The molecule has 1 N–H and O–H groups in total. The summed E-state index contributed by atoms with van der Waals surface area (Å²) in [6.45, 7) is 1.05. The topological polar surface area (TPSA) is 79.4 Å². The normalized spacial score (nSPS) is 15.6. The molecular weight excluding hydrogens is 398 g/mol. The van der Waals surface area contributed by atoms with Crippen molar-refractivity contribution in [1.82, 2.24) is 14.6 Å². The van der Waals surface area contributed by atoms with Gasteiger partial charge in [-0.15, -0.1) is 0 Å². The summed E-state index contributed by atoms with van der Waals surface area (Å²) in [5, 5.41) is 3.04. The molecule has 0 radical (unpaired) electrons. The fourth-order valence-corrected chi connectivity index (χ4v) is 5.21. The van der Waals surface area contributed by atoms with Crippen molar-refractivity contribution in [2.75, 3.05) is 13.1 Å². The molecule has 1 saturated heterocycles. The van der Waals surface area contributed by atoms with Gasteiger partial charge in [0, 0.05) is 31.0 Å². The van der Waals surface area contributed by atoms with E-state index in [1.165, 1.54) is 10.4 Å². The third kappa shape index (κ3) is 4.27. The molecule has 0 spiro atoms. The van der Waals surface area contributed by atoms with Gasteiger partial charge in [0.25, 0.3) is 5.91 Å². The summed E-state index contributed by atoms with van der Waals surface area (Å²) in [4.78, 5) is 17.3. The van der Waals surface area contributed by atoms with E-state index < -0.39 is 10.0 Å². The van der Waals surface area contributed by atoms with Crippen molar-refractivity contribution in [2.45, 2.75) is 23.8 Å². The lowest BCUT2D eigenvalue weighted by molar-refractivity contribution is 0.0942. The number of rotatable bonds is 6. The van der Waals surface area contributed by atoms with Crippen LogP contribution >= 0.6 is 0 Å². The number of carbonyl (C=O) groups is 1. The van der Waals surface area contributed by atoms with Gasteiger partial charge >= 0.3 is 0 Å². The predicted molar refractivity (Wildman–Crippen MR) is 114 cm³/mol. The van der Waals surface area contributed by atoms with Crippen LogP contribution in [-0.4, -0.2) is 36.7 Å². The molecule has 1 unspecified atom stereocenters. The number of hydrogen-bond donors (Lipinski definition) is 1. The molecule has 7 heteroatoms. The van der Waals surface area contributed by atoms with Crippen LogP contribution in [-0.2, 0) is 10.0 Å². The fraction of sp³-hybridized carbons (Fsp3) is 0.217. The second-order valence-corrected chi connectivity index (χ2v) is 9.17. The zero-order valence-corrected chi connectivity index (χ0v) is 17.3. The highest BCUT2D eigenvalue weighted by atomic mass is 32.2. The number of sulfonamides is 1. The standard InChI is InChI=1S/C23H23N3O3S/c27-23(20-9-6-10-21(17-20)30(28,29)26-15-4-5-16-26)25-22(18-7-2-1-3-8-18)19-11-13-24-14-12-19/h1-3,6-14,17,22H,4-5,15-16H2,(H,25,27). The maximum absolute atomic E-state index is 13.1. The third-order valence-corrected chi connectivity index (χ3v) is 7.14. The van der Waals surface area contributed by atoms with E-state index in [1.54, 1.807) is 30.6 Å². The number of pyridine rings is 1. The van der Waals surface area contributed by atoms with E-state index >= 15 is 0 Å². The fourth-order valence-electron chi connectivity index (χ4n) is 3.65. The summed E-state index contributed by atoms with van der Waals surface area (Å²) in [7, 11) is -3.58. The van der Waals surface area contributed by atoms with Crippen LogP contribution in [0.2, 0.25) is 0 Å². The molecule has 6 nitrogen and oxygen atoms in total. The third-order valence-electron chi connectivity index (χ3n) is 5.25. The quantitative estimate of drug-likeness (QED) is 0.662. The highest BCUT2D eigenvalue weighted by molar-refractivity contribution is 7.89. The molecule has 1 amide bonds. The first-order chi connectivity index (χ1) is 14.6. The van der Waals surface area contributed by atoms with Gasteiger partial charge in [0.15, 0.2) is 0 Å². The highest BCUT2D eigenvalue weighted by Gasteiger charge is 2.28. The molecular formula is C23H23N3O3S. The summed E-state index contributed by atoms with van der Waals surface area (Å²) in [6.07, 6.45) is 5.09. The molecule has 0 aliphatic carbocycles. The van der Waals surface area contributed by atoms with Gasteiger partial charge in [-0.2, -0.15) is 4.31 Å². The lowest BCUT2D eigenvalue weighted by atomic mass is 9.99. The van der Waals surface area contributed by atoms with E-state index in [0.717, 1.165) is 24.0 Å². The number of nitrogens with one attached hydrogen (secondary N) is 1. The van der Waals surface area contributed by atoms with Crippen molar-refractivity contribution < 1.29 is 13.2 Å². The molecule has 1 aliphatic rings. The second kappa shape index (κ2) is 8.77. The minimum Gasteiger partial charge on any atom is -0.341 e. The molecule has 4 rings (SSSR count). The molecule has 154 valence electrons. The highest BCUT2D eigenvalue weighted by Crippen LogP contribution is 2.24. The molecule has 1 fully saturated rings. The van der Waals surface area contributed by atoms with Crippen LogP contribution in [0.15, 0.2) is 84.0 Å². The van der Waals surface area contributed by atoms with Gasteiger partial charge in [-0.25, -0.2) is 8.42 Å². The van der Waals surface area contributed by atoms with Crippen LogP contribution < -0.4 is 5.32 Å². The minimum atomic E-state index is -3.58. The molecule has 0 saturated carbocycles. The van der Waals surface area contributed by atoms with Crippen molar-refractivity contribution in [1.29, 1.82) is 0 Å². The lowest BCUT2D eigenvalue weighted by Gasteiger charge is -2.20. The number of amides is 1. The Balaban J connectivity index is 1.62. The van der Waals surface area contributed by atoms with Crippen LogP contribution in [0.25, 0.3) is 0 Å². The molecule has 0 bridgehead atoms. The van der Waals surface area contributed by atoms with Gasteiger partial charge in [-0.1, -0.05) is 36.4 Å². The van der Waals surface area contributed by atoms with Gasteiger partial charge in [0.2, 0.25) is 10.0 Å². The average molecular weight is 422 g/mol. The Morgan fingerprint density at radius 2 is 1.57 bits per heavy atom. The van der Waals surface area contributed by atoms with E-state index in [4.69, 9.17) is 0 Å². The van der Waals surface area contributed by atoms with Crippen LogP contribution in [0.1, 0.15) is 40.4 Å². The van der Waals surface area contributed by atoms with E-state index in [0.29, 0.717) is 18.7 Å². The summed E-state index contributed by atoms with van der Waals surface area (Å²) in [5.41, 5.74) is 2.13. The first-order valence-electron chi connectivity index (χ1n) is 9.92. The van der Waals surface area contributed by atoms with Crippen molar-refractivity contribution in [3.05, 3.63) is 95.8 Å². The molecule has 1 aliphatic heterocycles. The van der Waals surface area contributed by atoms with Crippen molar-refractivity contribution in [2.24, 2.45) is 0 Å². The summed E-state index contributed by atoms with van der Waals surface area (Å²) in [5.74, 6) is -0.334. The van der Waals surface area contributed by atoms with Gasteiger partial charge in [0.05, 0.1) is 10.9 Å². The Bertz CT molecular complexity index is 1070. The molecule has 2 heterocycles. The van der Waals surface area contributed by atoms with Gasteiger partial charge < -0.3 is 5.32 Å². The maximum atomic E-state index is 13.1. The monoisotopic (exact) mass is 421 g/mol. The number of benzene rings is 2. The summed E-state index contributed by atoms with van der Waals surface area (Å²) < 4.78 is 27.2. The van der Waals surface area contributed by atoms with E-state index in [9.17, 15) is 13.2 Å². The minimum absolute atomic E-state index is 0.150. The zero-order valence-electron chi connectivity index (χ0n) is 16.4. The Kier molecular flexibility index (Phi) is 5.92. The smallest absolute Gasteiger partial charge is 0.252 e. The number of aromatic nitrogens is 1. The van der Waals surface area contributed by atoms with Crippen LogP contribution in [0, 0.1) is 0 Å². The van der Waals surface area contributed by atoms with Crippen molar-refractivity contribution >= 4 is 15.9 Å². The number of nitrogens with zero attached hydrogens (tertiary/aromatic N) is 2. The van der Waals surface area contributed by atoms with Crippen molar-refractivity contribution in [3.63, 3.8) is 0 Å². The van der Waals surface area contributed by atoms with Crippen molar-refractivity contribution in [3.8, 4) is 0 Å². The van der Waals surface area contributed by atoms with E-state index in [2.05, 4.69) is 10.3 Å². The number of hydrogen-bond acceptors (Lipinski definition) is 4. The lowest BCUT2D eigenvalue weighted by Crippen LogP contribution is -2.30. The maximum Gasteiger partial charge on any atom is 0.252 e. The van der Waals surface area contributed by atoms with Gasteiger partial charge in [-0.05, 0) is 54.3 Å². The molecule has 1 atom stereocenters. The Morgan fingerprint density at radius 3 is 2.27 bits per heavy atom. The Hall–Kier alpha value is -3.03. The zero-order chi connectivity index (χ0) is 21.0. The first kappa shape index (κ1) is 20.3. The van der Waals surface area contributed by atoms with Crippen LogP contribution in [0.3, 0.4) is 0 Å². The predicted octanol–water partition coefficient (Wildman–Crippen LogP) is 3.39. The SMILES string of the molecule is O=C(NC(c1ccccc1)c1ccncc1)c1cccc(S(=O)(=O)N2CCCC2)c1. The largest absolute Gasteiger partial charge is 0.341 e. The van der Waals surface area contributed by atoms with Gasteiger partial charge in [-0.3, -0.25) is 9.78 Å². The molecule has 2 aromatic carbocycles. The van der Waals surface area contributed by atoms with E-state index in [1.807, 2.05) is 42.5 Å². The Labute approximate surface area is 176 Å².